The van der Waals surface area contributed by atoms with Crippen LogP contribution in [0.3, 0.4) is 0 Å². The summed E-state index contributed by atoms with van der Waals surface area (Å²) in [5, 5.41) is -2.06. The van der Waals surface area contributed by atoms with Gasteiger partial charge in [-0.25, -0.2) is 0 Å². The third-order valence-corrected chi connectivity index (χ3v) is 2.92. The first-order chi connectivity index (χ1) is 9.05. The third-order valence-electron chi connectivity index (χ3n) is 2.49. The predicted molar refractivity (Wildman–Crippen MR) is 71.2 cm³/mol. The molecule has 1 rings (SSSR count). The standard InChI is InChI=1S/C12H12F3NO2S2/c1-5(2)3-6-7(10(17)19)4-16-9(12(13,14)15)8(6)11(18)20/h4-5H,3H2,1-2H3,(H,17,19)(H,18,20)/p-2. The fourth-order valence-electron chi connectivity index (χ4n) is 1.78. The number of pyridine rings is 1. The van der Waals surface area contributed by atoms with Gasteiger partial charge in [0.1, 0.15) is 0 Å². The summed E-state index contributed by atoms with van der Waals surface area (Å²) in [6.07, 6.45) is -3.97. The quantitative estimate of drug-likeness (QED) is 0.798. The lowest BCUT2D eigenvalue weighted by atomic mass is 9.94. The van der Waals surface area contributed by atoms with Gasteiger partial charge in [-0.15, -0.1) is 0 Å². The Hall–Kier alpha value is -1.28. The third kappa shape index (κ3) is 3.63. The molecular weight excluding hydrogens is 311 g/mol. The molecule has 0 bridgehead atoms. The highest BCUT2D eigenvalue weighted by molar-refractivity contribution is 7.78. The van der Waals surface area contributed by atoms with Crippen LogP contribution in [0, 0.1) is 5.92 Å². The zero-order chi connectivity index (χ0) is 15.7. The fraction of sp³-hybridized carbons (Fsp3) is 0.417. The minimum atomic E-state index is -4.82. The second-order valence-electron chi connectivity index (χ2n) is 4.54. The average molecular weight is 321 g/mol. The molecule has 0 fully saturated rings. The lowest BCUT2D eigenvalue weighted by molar-refractivity contribution is -0.141. The Morgan fingerprint density at radius 2 is 1.80 bits per heavy atom. The number of halogens is 3. The molecule has 110 valence electrons. The highest BCUT2D eigenvalue weighted by Crippen LogP contribution is 2.33. The van der Waals surface area contributed by atoms with Crippen molar-refractivity contribution in [3.8, 4) is 0 Å². The van der Waals surface area contributed by atoms with Crippen molar-refractivity contribution in [3.05, 3.63) is 28.6 Å². The summed E-state index contributed by atoms with van der Waals surface area (Å²) in [4.78, 5) is 25.9. The normalized spacial score (nSPS) is 11.7. The first kappa shape index (κ1) is 16.8. The number of hydrogen-bond acceptors (Lipinski definition) is 5. The second kappa shape index (κ2) is 6.01. The van der Waals surface area contributed by atoms with Gasteiger partial charge in [-0.05, 0) is 17.9 Å². The van der Waals surface area contributed by atoms with Crippen LogP contribution in [0.4, 0.5) is 13.2 Å². The molecule has 0 aliphatic carbocycles. The van der Waals surface area contributed by atoms with E-state index in [-0.39, 0.29) is 23.5 Å². The smallest absolute Gasteiger partial charge is 0.434 e. The zero-order valence-electron chi connectivity index (χ0n) is 10.6. The summed E-state index contributed by atoms with van der Waals surface area (Å²) in [5.41, 5.74) is -2.35. The van der Waals surface area contributed by atoms with Crippen LogP contribution in [0.2, 0.25) is 0 Å². The second-order valence-corrected chi connectivity index (χ2v) is 5.29. The summed E-state index contributed by atoms with van der Waals surface area (Å²) in [5.74, 6) is -0.0836. The summed E-state index contributed by atoms with van der Waals surface area (Å²) >= 11 is 8.83. The van der Waals surface area contributed by atoms with E-state index in [4.69, 9.17) is 0 Å². The van der Waals surface area contributed by atoms with Crippen LogP contribution in [0.1, 0.15) is 45.8 Å². The van der Waals surface area contributed by atoms with Gasteiger partial charge in [0, 0.05) is 27.6 Å². The van der Waals surface area contributed by atoms with Crippen molar-refractivity contribution in [1.82, 2.24) is 4.98 Å². The van der Waals surface area contributed by atoms with Crippen molar-refractivity contribution in [3.63, 3.8) is 0 Å². The van der Waals surface area contributed by atoms with Crippen molar-refractivity contribution in [2.75, 3.05) is 0 Å². The SMILES string of the molecule is CC(C)Cc1c(C(=O)[S-])cnc(C(F)(F)F)c1C(=O)[S-]. The molecule has 0 unspecified atom stereocenters. The first-order valence-electron chi connectivity index (χ1n) is 5.57. The van der Waals surface area contributed by atoms with E-state index < -0.39 is 27.7 Å². The van der Waals surface area contributed by atoms with Crippen molar-refractivity contribution in [2.45, 2.75) is 26.4 Å². The van der Waals surface area contributed by atoms with Gasteiger partial charge in [0.15, 0.2) is 5.69 Å². The monoisotopic (exact) mass is 321 g/mol. The van der Waals surface area contributed by atoms with Crippen LogP contribution in [-0.4, -0.2) is 15.2 Å². The Kier molecular flexibility index (Phi) is 5.04. The minimum absolute atomic E-state index is 0.0673. The lowest BCUT2D eigenvalue weighted by Crippen LogP contribution is -2.20. The summed E-state index contributed by atoms with van der Waals surface area (Å²) in [6, 6.07) is 0. The topological polar surface area (TPSA) is 47.0 Å². The molecule has 0 spiro atoms. The molecule has 0 N–H and O–H groups in total. The van der Waals surface area contributed by atoms with E-state index >= 15 is 0 Å². The van der Waals surface area contributed by atoms with E-state index in [1.165, 1.54) is 0 Å². The van der Waals surface area contributed by atoms with Crippen molar-refractivity contribution >= 4 is 35.5 Å². The maximum Gasteiger partial charge on any atom is 0.434 e. The number of hydrogen-bond donors (Lipinski definition) is 0. The van der Waals surface area contributed by atoms with E-state index in [0.29, 0.717) is 0 Å². The number of nitrogens with zero attached hydrogens (tertiary/aromatic N) is 1. The van der Waals surface area contributed by atoms with E-state index in [9.17, 15) is 22.8 Å². The highest BCUT2D eigenvalue weighted by Gasteiger charge is 2.37. The fourth-order valence-corrected chi connectivity index (χ4v) is 2.18. The van der Waals surface area contributed by atoms with Gasteiger partial charge in [-0.1, -0.05) is 13.8 Å². The van der Waals surface area contributed by atoms with Gasteiger partial charge in [0.05, 0.1) is 0 Å². The van der Waals surface area contributed by atoms with Gasteiger partial charge in [-0.3, -0.25) is 4.98 Å². The van der Waals surface area contributed by atoms with E-state index in [0.717, 1.165) is 6.20 Å². The summed E-state index contributed by atoms with van der Waals surface area (Å²) in [7, 11) is 0. The molecule has 1 aromatic rings. The molecule has 0 amide bonds. The predicted octanol–water partition coefficient (Wildman–Crippen LogP) is 2.67. The molecule has 0 aromatic carbocycles. The van der Waals surface area contributed by atoms with Gasteiger partial charge >= 0.3 is 6.18 Å². The Morgan fingerprint density at radius 3 is 2.15 bits per heavy atom. The molecule has 1 aromatic heterocycles. The number of carbonyl (C=O) groups excluding carboxylic acids is 2. The number of alkyl halides is 3. The summed E-state index contributed by atoms with van der Waals surface area (Å²) < 4.78 is 38.7. The van der Waals surface area contributed by atoms with Crippen molar-refractivity contribution in [1.29, 1.82) is 0 Å². The molecular formula is C12H10F3NO2S2-2. The molecule has 1 heterocycles. The first-order valence-corrected chi connectivity index (χ1v) is 6.39. The average Bonchev–Trinajstić information content (AvgIpc) is 2.25. The molecule has 8 heteroatoms. The van der Waals surface area contributed by atoms with Crippen LogP contribution in [-0.2, 0) is 37.9 Å². The molecule has 0 radical (unpaired) electrons. The Bertz CT molecular complexity index is 556. The van der Waals surface area contributed by atoms with Gasteiger partial charge in [-0.2, -0.15) is 13.2 Å². The Morgan fingerprint density at radius 1 is 1.25 bits per heavy atom. The van der Waals surface area contributed by atoms with Crippen LogP contribution in [0.5, 0.6) is 0 Å². The minimum Gasteiger partial charge on any atom is -0.737 e. The maximum atomic E-state index is 12.9. The number of carbonyl (C=O) groups is 2. The van der Waals surface area contributed by atoms with Crippen LogP contribution >= 0.6 is 0 Å². The summed E-state index contributed by atoms with van der Waals surface area (Å²) in [6.45, 7) is 3.48. The highest BCUT2D eigenvalue weighted by atomic mass is 32.1. The maximum absolute atomic E-state index is 12.9. The molecule has 0 aliphatic rings. The zero-order valence-corrected chi connectivity index (χ0v) is 12.2. The van der Waals surface area contributed by atoms with Crippen LogP contribution in [0.25, 0.3) is 0 Å². The van der Waals surface area contributed by atoms with Gasteiger partial charge in [0.25, 0.3) is 0 Å². The molecule has 0 saturated carbocycles. The molecule has 0 aliphatic heterocycles. The van der Waals surface area contributed by atoms with Crippen molar-refractivity contribution in [2.24, 2.45) is 5.92 Å². The molecule has 0 saturated heterocycles. The Balaban J connectivity index is 3.70. The molecule has 0 atom stereocenters. The largest absolute Gasteiger partial charge is 0.737 e. The van der Waals surface area contributed by atoms with Crippen LogP contribution < -0.4 is 0 Å². The van der Waals surface area contributed by atoms with E-state index in [1.54, 1.807) is 13.8 Å². The molecule has 3 nitrogen and oxygen atoms in total. The Labute approximate surface area is 124 Å². The van der Waals surface area contributed by atoms with Gasteiger partial charge in [0.2, 0.25) is 0 Å². The van der Waals surface area contributed by atoms with Crippen molar-refractivity contribution < 1.29 is 22.8 Å². The van der Waals surface area contributed by atoms with Crippen LogP contribution in [0.15, 0.2) is 6.20 Å². The van der Waals surface area contributed by atoms with E-state index in [2.05, 4.69) is 30.2 Å². The lowest BCUT2D eigenvalue weighted by Gasteiger charge is -2.22. The molecule has 20 heavy (non-hydrogen) atoms. The number of rotatable bonds is 4. The van der Waals surface area contributed by atoms with E-state index in [1.807, 2.05) is 0 Å². The number of aromatic nitrogens is 1. The van der Waals surface area contributed by atoms with Gasteiger partial charge < -0.3 is 34.8 Å².